The predicted molar refractivity (Wildman–Crippen MR) is 101 cm³/mol. The highest BCUT2D eigenvalue weighted by molar-refractivity contribution is 7.89. The number of rotatable bonds is 6. The third-order valence-electron chi connectivity index (χ3n) is 4.88. The van der Waals surface area contributed by atoms with Gasteiger partial charge in [-0.3, -0.25) is 4.79 Å². The molecule has 0 unspecified atom stereocenters. The van der Waals surface area contributed by atoms with Crippen LogP contribution in [0.4, 0.5) is 14.5 Å². The summed E-state index contributed by atoms with van der Waals surface area (Å²) >= 11 is 0. The second-order valence-corrected chi connectivity index (χ2v) is 8.66. The summed E-state index contributed by atoms with van der Waals surface area (Å²) in [7, 11) is -2.01. The molecule has 1 aromatic carbocycles. The number of imidazole rings is 1. The van der Waals surface area contributed by atoms with Crippen LogP contribution in [0.1, 0.15) is 18.7 Å². The van der Waals surface area contributed by atoms with Crippen molar-refractivity contribution in [3.63, 3.8) is 0 Å². The zero-order valence-electron chi connectivity index (χ0n) is 16.0. The number of amides is 1. The Morgan fingerprint density at radius 1 is 1.28 bits per heavy atom. The molecule has 1 saturated heterocycles. The van der Waals surface area contributed by atoms with Gasteiger partial charge >= 0.3 is 6.61 Å². The number of nitrogens with zero attached hydrogens (tertiary/aromatic N) is 3. The summed E-state index contributed by atoms with van der Waals surface area (Å²) in [6.07, 6.45) is 2.09. The number of aromatic nitrogens is 2. The lowest BCUT2D eigenvalue weighted by molar-refractivity contribution is -0.121. The Kier molecular flexibility index (Phi) is 6.18. The standard InChI is InChI=1S/C18H22F2N4O4S/c1-12-21-16(11-23(12)2)29(26,27)24-9-7-13(8-10-24)17(25)22-14-5-3-4-6-15(14)28-18(19)20/h3-6,11,13,18H,7-10H2,1-2H3,(H,22,25). The van der Waals surface area contributed by atoms with E-state index in [1.807, 2.05) is 0 Å². The molecule has 11 heteroatoms. The molecule has 3 rings (SSSR count). The number of carbonyl (C=O) groups is 1. The fourth-order valence-corrected chi connectivity index (χ4v) is 4.64. The lowest BCUT2D eigenvalue weighted by Gasteiger charge is -2.30. The van der Waals surface area contributed by atoms with Gasteiger partial charge in [0.2, 0.25) is 5.91 Å². The number of halogens is 2. The number of anilines is 1. The molecule has 0 bridgehead atoms. The van der Waals surface area contributed by atoms with Crippen LogP contribution in [0.3, 0.4) is 0 Å². The van der Waals surface area contributed by atoms with E-state index < -0.39 is 22.6 Å². The minimum atomic E-state index is -3.73. The fourth-order valence-electron chi connectivity index (χ4n) is 3.14. The summed E-state index contributed by atoms with van der Waals surface area (Å²) in [6, 6.07) is 5.93. The van der Waals surface area contributed by atoms with E-state index in [0.717, 1.165) is 0 Å². The summed E-state index contributed by atoms with van der Waals surface area (Å²) in [5.41, 5.74) is 0.150. The van der Waals surface area contributed by atoms with Crippen molar-refractivity contribution in [2.75, 3.05) is 18.4 Å². The van der Waals surface area contributed by atoms with E-state index in [1.54, 1.807) is 24.6 Å². The summed E-state index contributed by atoms with van der Waals surface area (Å²) in [6.45, 7) is -0.946. The molecule has 1 N–H and O–H groups in total. The van der Waals surface area contributed by atoms with Crippen LogP contribution in [0, 0.1) is 12.8 Å². The molecule has 2 heterocycles. The van der Waals surface area contributed by atoms with Gasteiger partial charge in [0.25, 0.3) is 10.0 Å². The number of hydrogen-bond acceptors (Lipinski definition) is 5. The number of piperidine rings is 1. The molecule has 1 amide bonds. The van der Waals surface area contributed by atoms with E-state index in [4.69, 9.17) is 0 Å². The first kappa shape index (κ1) is 21.2. The van der Waals surface area contributed by atoms with Crippen molar-refractivity contribution >= 4 is 21.6 Å². The fraction of sp³-hybridized carbons (Fsp3) is 0.444. The first-order chi connectivity index (χ1) is 13.7. The number of benzene rings is 1. The van der Waals surface area contributed by atoms with Crippen molar-refractivity contribution in [3.8, 4) is 5.75 Å². The number of hydrogen-bond donors (Lipinski definition) is 1. The molecule has 0 radical (unpaired) electrons. The zero-order chi connectivity index (χ0) is 21.2. The third-order valence-corrected chi connectivity index (χ3v) is 6.65. The molecule has 8 nitrogen and oxygen atoms in total. The van der Waals surface area contributed by atoms with Gasteiger partial charge in [-0.25, -0.2) is 13.4 Å². The van der Waals surface area contributed by atoms with Crippen LogP contribution in [0.2, 0.25) is 0 Å². The van der Waals surface area contributed by atoms with Gasteiger partial charge in [0.15, 0.2) is 5.03 Å². The Bertz CT molecular complexity index is 966. The van der Waals surface area contributed by atoms with Gasteiger partial charge in [-0.15, -0.1) is 0 Å². The molecule has 1 aromatic heterocycles. The van der Waals surface area contributed by atoms with E-state index in [2.05, 4.69) is 15.0 Å². The van der Waals surface area contributed by atoms with Crippen molar-refractivity contribution in [3.05, 3.63) is 36.3 Å². The molecule has 29 heavy (non-hydrogen) atoms. The number of ether oxygens (including phenoxy) is 1. The van der Waals surface area contributed by atoms with Gasteiger partial charge in [-0.05, 0) is 31.9 Å². The van der Waals surface area contributed by atoms with Gasteiger partial charge in [-0.1, -0.05) is 12.1 Å². The minimum Gasteiger partial charge on any atom is -0.433 e. The van der Waals surface area contributed by atoms with Gasteiger partial charge in [-0.2, -0.15) is 13.1 Å². The molecule has 1 aliphatic heterocycles. The molecule has 0 spiro atoms. The second-order valence-electron chi connectivity index (χ2n) is 6.78. The number of alkyl halides is 2. The number of aryl methyl sites for hydroxylation is 2. The maximum Gasteiger partial charge on any atom is 0.387 e. The maximum absolute atomic E-state index is 12.7. The number of nitrogens with one attached hydrogen (secondary N) is 1. The topological polar surface area (TPSA) is 93.5 Å². The van der Waals surface area contributed by atoms with Crippen LogP contribution in [-0.2, 0) is 21.9 Å². The summed E-state index contributed by atoms with van der Waals surface area (Å²) in [5.74, 6) is -0.337. The molecule has 1 fully saturated rings. The van der Waals surface area contributed by atoms with E-state index in [9.17, 15) is 22.0 Å². The maximum atomic E-state index is 12.7. The van der Waals surface area contributed by atoms with Crippen LogP contribution >= 0.6 is 0 Å². The number of para-hydroxylation sites is 2. The highest BCUT2D eigenvalue weighted by atomic mass is 32.2. The highest BCUT2D eigenvalue weighted by Crippen LogP contribution is 2.28. The van der Waals surface area contributed by atoms with Crippen molar-refractivity contribution < 1.29 is 26.7 Å². The lowest BCUT2D eigenvalue weighted by Crippen LogP contribution is -2.41. The van der Waals surface area contributed by atoms with Crippen molar-refractivity contribution in [1.29, 1.82) is 0 Å². The molecular weight excluding hydrogens is 406 g/mol. The summed E-state index contributed by atoms with van der Waals surface area (Å²) < 4.78 is 57.8. The van der Waals surface area contributed by atoms with Crippen molar-refractivity contribution in [1.82, 2.24) is 13.9 Å². The quantitative estimate of drug-likeness (QED) is 0.763. The Morgan fingerprint density at radius 3 is 2.52 bits per heavy atom. The molecule has 2 aromatic rings. The Hall–Kier alpha value is -2.53. The molecule has 0 saturated carbocycles. The first-order valence-electron chi connectivity index (χ1n) is 9.03. The third kappa shape index (κ3) is 4.73. The highest BCUT2D eigenvalue weighted by Gasteiger charge is 2.33. The van der Waals surface area contributed by atoms with E-state index >= 15 is 0 Å². The van der Waals surface area contributed by atoms with Crippen LogP contribution in [0.5, 0.6) is 5.75 Å². The Labute approximate surface area is 167 Å². The van der Waals surface area contributed by atoms with E-state index in [1.165, 1.54) is 28.7 Å². The first-order valence-corrected chi connectivity index (χ1v) is 10.5. The average Bonchev–Trinajstić information content (AvgIpc) is 3.02. The van der Waals surface area contributed by atoms with Crippen molar-refractivity contribution in [2.45, 2.75) is 31.4 Å². The van der Waals surface area contributed by atoms with Gasteiger partial charge in [0.1, 0.15) is 11.6 Å². The number of carbonyl (C=O) groups excluding carboxylic acids is 1. The second kappa shape index (κ2) is 8.46. The molecular formula is C18H22F2N4O4S. The van der Waals surface area contributed by atoms with Crippen LogP contribution < -0.4 is 10.1 Å². The van der Waals surface area contributed by atoms with Gasteiger partial charge in [0.05, 0.1) is 5.69 Å². The summed E-state index contributed by atoms with van der Waals surface area (Å²) in [5, 5.41) is 2.59. The monoisotopic (exact) mass is 428 g/mol. The van der Waals surface area contributed by atoms with Crippen LogP contribution in [-0.4, -0.2) is 47.9 Å². The zero-order valence-corrected chi connectivity index (χ0v) is 16.8. The van der Waals surface area contributed by atoms with Gasteiger partial charge < -0.3 is 14.6 Å². The molecule has 158 valence electrons. The Morgan fingerprint density at radius 2 is 1.93 bits per heavy atom. The lowest BCUT2D eigenvalue weighted by atomic mass is 9.97. The Balaban J connectivity index is 1.63. The van der Waals surface area contributed by atoms with Crippen LogP contribution in [0.15, 0.2) is 35.5 Å². The van der Waals surface area contributed by atoms with Gasteiger partial charge in [0, 0.05) is 32.3 Å². The predicted octanol–water partition coefficient (Wildman–Crippen LogP) is 2.37. The number of sulfonamides is 1. The van der Waals surface area contributed by atoms with E-state index in [-0.39, 0.29) is 35.5 Å². The van der Waals surface area contributed by atoms with E-state index in [0.29, 0.717) is 18.7 Å². The average molecular weight is 428 g/mol. The minimum absolute atomic E-state index is 0.0153. The molecule has 0 atom stereocenters. The largest absolute Gasteiger partial charge is 0.433 e. The van der Waals surface area contributed by atoms with Crippen LogP contribution in [0.25, 0.3) is 0 Å². The van der Waals surface area contributed by atoms with Crippen molar-refractivity contribution in [2.24, 2.45) is 13.0 Å². The SMILES string of the molecule is Cc1nc(S(=O)(=O)N2CCC(C(=O)Nc3ccccc3OC(F)F)CC2)cn1C. The molecule has 0 aliphatic carbocycles. The smallest absolute Gasteiger partial charge is 0.387 e. The summed E-state index contributed by atoms with van der Waals surface area (Å²) in [4.78, 5) is 16.6. The normalized spacial score (nSPS) is 16.2. The molecule has 1 aliphatic rings.